The molecule has 0 saturated carbocycles. The van der Waals surface area contributed by atoms with Crippen LogP contribution >= 0.6 is 0 Å². The van der Waals surface area contributed by atoms with Gasteiger partial charge in [-0.1, -0.05) is 30.3 Å². The Balaban J connectivity index is 1.78. The normalized spacial score (nSPS) is 12.2. The fourth-order valence-corrected chi connectivity index (χ4v) is 2.15. The van der Waals surface area contributed by atoms with E-state index in [1.165, 1.54) is 0 Å². The lowest BCUT2D eigenvalue weighted by Gasteiger charge is -2.12. The van der Waals surface area contributed by atoms with Crippen molar-refractivity contribution in [3.05, 3.63) is 60.4 Å². The molecule has 1 unspecified atom stereocenters. The third-order valence-electron chi connectivity index (χ3n) is 3.36. The topological polar surface area (TPSA) is 57.8 Å². The van der Waals surface area contributed by atoms with E-state index in [2.05, 4.69) is 15.3 Å². The van der Waals surface area contributed by atoms with Crippen LogP contribution in [0.2, 0.25) is 0 Å². The molecule has 2 N–H and O–H groups in total. The SMILES string of the molecule is CC(C(=O)Nc1cnc2cc[nH]c2c1)c1ccccc1. The van der Waals surface area contributed by atoms with Crippen molar-refractivity contribution >= 4 is 22.6 Å². The van der Waals surface area contributed by atoms with Crippen LogP contribution in [-0.4, -0.2) is 15.9 Å². The van der Waals surface area contributed by atoms with Crippen LogP contribution in [0.3, 0.4) is 0 Å². The van der Waals surface area contributed by atoms with E-state index in [4.69, 9.17) is 0 Å². The van der Waals surface area contributed by atoms with Crippen molar-refractivity contribution in [1.29, 1.82) is 0 Å². The lowest BCUT2D eigenvalue weighted by Crippen LogP contribution is -2.18. The summed E-state index contributed by atoms with van der Waals surface area (Å²) >= 11 is 0. The van der Waals surface area contributed by atoms with Gasteiger partial charge in [-0.3, -0.25) is 9.78 Å². The molecule has 0 bridgehead atoms. The molecule has 0 spiro atoms. The summed E-state index contributed by atoms with van der Waals surface area (Å²) in [6.07, 6.45) is 3.50. The fourth-order valence-electron chi connectivity index (χ4n) is 2.15. The molecule has 20 heavy (non-hydrogen) atoms. The summed E-state index contributed by atoms with van der Waals surface area (Å²) in [7, 11) is 0. The second-order valence-electron chi connectivity index (χ2n) is 4.76. The molecule has 0 aliphatic rings. The zero-order chi connectivity index (χ0) is 13.9. The van der Waals surface area contributed by atoms with E-state index in [9.17, 15) is 4.79 Å². The molecule has 1 aromatic carbocycles. The van der Waals surface area contributed by atoms with E-state index >= 15 is 0 Å². The van der Waals surface area contributed by atoms with E-state index < -0.39 is 0 Å². The van der Waals surface area contributed by atoms with Gasteiger partial charge in [0.1, 0.15) is 0 Å². The van der Waals surface area contributed by atoms with E-state index in [0.29, 0.717) is 5.69 Å². The molecule has 2 aromatic heterocycles. The van der Waals surface area contributed by atoms with Crippen LogP contribution in [0.15, 0.2) is 54.9 Å². The highest BCUT2D eigenvalue weighted by Crippen LogP contribution is 2.19. The summed E-state index contributed by atoms with van der Waals surface area (Å²) < 4.78 is 0. The number of amides is 1. The van der Waals surface area contributed by atoms with Gasteiger partial charge in [-0.05, 0) is 24.6 Å². The smallest absolute Gasteiger partial charge is 0.231 e. The molecule has 3 aromatic rings. The minimum atomic E-state index is -0.199. The Kier molecular flexibility index (Phi) is 3.21. The van der Waals surface area contributed by atoms with Gasteiger partial charge in [0.25, 0.3) is 0 Å². The number of rotatable bonds is 3. The van der Waals surface area contributed by atoms with Crippen molar-refractivity contribution in [2.24, 2.45) is 0 Å². The number of hydrogen-bond donors (Lipinski definition) is 2. The number of aromatic nitrogens is 2. The second kappa shape index (κ2) is 5.17. The first-order chi connectivity index (χ1) is 9.74. The van der Waals surface area contributed by atoms with Crippen LogP contribution in [-0.2, 0) is 4.79 Å². The highest BCUT2D eigenvalue weighted by molar-refractivity contribution is 5.96. The number of carbonyl (C=O) groups excluding carboxylic acids is 1. The van der Waals surface area contributed by atoms with Gasteiger partial charge in [-0.15, -0.1) is 0 Å². The maximum Gasteiger partial charge on any atom is 0.231 e. The van der Waals surface area contributed by atoms with Crippen LogP contribution < -0.4 is 5.32 Å². The third-order valence-corrected chi connectivity index (χ3v) is 3.36. The number of pyridine rings is 1. The molecule has 0 aliphatic carbocycles. The Morgan fingerprint density at radius 1 is 1.25 bits per heavy atom. The van der Waals surface area contributed by atoms with E-state index in [0.717, 1.165) is 16.6 Å². The molecular weight excluding hydrogens is 250 g/mol. The number of carbonyl (C=O) groups is 1. The highest BCUT2D eigenvalue weighted by Gasteiger charge is 2.15. The number of nitrogens with one attached hydrogen (secondary N) is 2. The molecule has 2 heterocycles. The Morgan fingerprint density at radius 2 is 2.05 bits per heavy atom. The predicted molar refractivity (Wildman–Crippen MR) is 79.6 cm³/mol. The quantitative estimate of drug-likeness (QED) is 0.763. The maximum absolute atomic E-state index is 12.2. The number of aromatic amines is 1. The number of anilines is 1. The highest BCUT2D eigenvalue weighted by atomic mass is 16.1. The Morgan fingerprint density at radius 3 is 2.85 bits per heavy atom. The second-order valence-corrected chi connectivity index (χ2v) is 4.76. The Labute approximate surface area is 116 Å². The van der Waals surface area contributed by atoms with Gasteiger partial charge in [-0.25, -0.2) is 0 Å². The van der Waals surface area contributed by atoms with Crippen molar-refractivity contribution in [1.82, 2.24) is 9.97 Å². The van der Waals surface area contributed by atoms with Crippen LogP contribution in [0.4, 0.5) is 5.69 Å². The standard InChI is InChI=1S/C16H15N3O/c1-11(12-5-3-2-4-6-12)16(20)19-13-9-15-14(18-10-13)7-8-17-15/h2-11,17H,1H3,(H,19,20). The number of hydrogen-bond acceptors (Lipinski definition) is 2. The average molecular weight is 265 g/mol. The number of benzene rings is 1. The predicted octanol–water partition coefficient (Wildman–Crippen LogP) is 3.31. The van der Waals surface area contributed by atoms with E-state index in [1.54, 1.807) is 6.20 Å². The van der Waals surface area contributed by atoms with Crippen LogP contribution in [0.5, 0.6) is 0 Å². The Bertz CT molecular complexity index is 734. The van der Waals surface area contributed by atoms with Crippen molar-refractivity contribution in [2.75, 3.05) is 5.32 Å². The molecule has 4 heteroatoms. The van der Waals surface area contributed by atoms with Crippen LogP contribution in [0.25, 0.3) is 11.0 Å². The summed E-state index contributed by atoms with van der Waals surface area (Å²) in [4.78, 5) is 19.6. The molecule has 0 aliphatic heterocycles. The van der Waals surface area contributed by atoms with Crippen molar-refractivity contribution in [3.8, 4) is 0 Å². The monoisotopic (exact) mass is 265 g/mol. The Hall–Kier alpha value is -2.62. The first-order valence-electron chi connectivity index (χ1n) is 6.53. The molecule has 0 radical (unpaired) electrons. The molecule has 4 nitrogen and oxygen atoms in total. The minimum absolute atomic E-state index is 0.0380. The molecule has 0 fully saturated rings. The van der Waals surface area contributed by atoms with Gasteiger partial charge in [0, 0.05) is 6.20 Å². The number of nitrogens with zero attached hydrogens (tertiary/aromatic N) is 1. The van der Waals surface area contributed by atoms with Gasteiger partial charge in [-0.2, -0.15) is 0 Å². The fraction of sp³-hybridized carbons (Fsp3) is 0.125. The van der Waals surface area contributed by atoms with Gasteiger partial charge in [0.2, 0.25) is 5.91 Å². The third kappa shape index (κ3) is 2.40. The molecule has 1 amide bonds. The molecule has 3 rings (SSSR count). The summed E-state index contributed by atoms with van der Waals surface area (Å²) in [6, 6.07) is 13.5. The zero-order valence-corrected chi connectivity index (χ0v) is 11.1. The summed E-state index contributed by atoms with van der Waals surface area (Å²) in [6.45, 7) is 1.89. The summed E-state index contributed by atoms with van der Waals surface area (Å²) in [5.74, 6) is -0.237. The molecule has 100 valence electrons. The first-order valence-corrected chi connectivity index (χ1v) is 6.53. The van der Waals surface area contributed by atoms with Crippen LogP contribution in [0, 0.1) is 0 Å². The number of fused-ring (bicyclic) bond motifs is 1. The largest absolute Gasteiger partial charge is 0.360 e. The van der Waals surface area contributed by atoms with Crippen molar-refractivity contribution in [3.63, 3.8) is 0 Å². The first kappa shape index (κ1) is 12.4. The van der Waals surface area contributed by atoms with Crippen molar-refractivity contribution < 1.29 is 4.79 Å². The summed E-state index contributed by atoms with van der Waals surface area (Å²) in [5.41, 5.74) is 3.50. The van der Waals surface area contributed by atoms with Gasteiger partial charge in [0.15, 0.2) is 0 Å². The average Bonchev–Trinajstić information content (AvgIpc) is 2.95. The lowest BCUT2D eigenvalue weighted by molar-refractivity contribution is -0.117. The van der Waals surface area contributed by atoms with Crippen LogP contribution in [0.1, 0.15) is 18.4 Å². The molecular formula is C16H15N3O. The van der Waals surface area contributed by atoms with Gasteiger partial charge < -0.3 is 10.3 Å². The molecule has 1 atom stereocenters. The van der Waals surface area contributed by atoms with Crippen molar-refractivity contribution in [2.45, 2.75) is 12.8 Å². The minimum Gasteiger partial charge on any atom is -0.360 e. The van der Waals surface area contributed by atoms with Gasteiger partial charge in [0.05, 0.1) is 28.8 Å². The summed E-state index contributed by atoms with van der Waals surface area (Å²) in [5, 5.41) is 2.90. The van der Waals surface area contributed by atoms with Gasteiger partial charge >= 0.3 is 0 Å². The zero-order valence-electron chi connectivity index (χ0n) is 11.1. The molecule has 0 saturated heterocycles. The lowest BCUT2D eigenvalue weighted by atomic mass is 10.0. The maximum atomic E-state index is 12.2. The van der Waals surface area contributed by atoms with E-state index in [1.807, 2.05) is 55.6 Å². The van der Waals surface area contributed by atoms with E-state index in [-0.39, 0.29) is 11.8 Å². The number of H-pyrrole nitrogens is 1.